The Bertz CT molecular complexity index is 398. The smallest absolute Gasteiger partial charge is 0.0543 e. The molecule has 0 bridgehead atoms. The summed E-state index contributed by atoms with van der Waals surface area (Å²) in [5, 5.41) is 9.81. The minimum Gasteiger partial charge on any atom is -0.393 e. The van der Waals surface area contributed by atoms with E-state index in [1.54, 1.807) is 5.56 Å². The maximum Gasteiger partial charge on any atom is 0.0543 e. The first kappa shape index (κ1) is 10.3. The van der Waals surface area contributed by atoms with Crippen molar-refractivity contribution in [2.24, 2.45) is 5.92 Å². The summed E-state index contributed by atoms with van der Waals surface area (Å²) in [6, 6.07) is 8.90. The third-order valence-electron chi connectivity index (χ3n) is 4.85. The van der Waals surface area contributed by atoms with Gasteiger partial charge in [-0.1, -0.05) is 31.2 Å². The van der Waals surface area contributed by atoms with Crippen molar-refractivity contribution in [1.29, 1.82) is 0 Å². The van der Waals surface area contributed by atoms with Gasteiger partial charge in [-0.15, -0.1) is 0 Å². The van der Waals surface area contributed by atoms with Crippen molar-refractivity contribution in [1.82, 2.24) is 0 Å². The number of aliphatic hydroxyl groups is 1. The SMILES string of the molecule is C[C@]12CC[C@@H](O)C[C@@H]1CCc1ccccc12. The fourth-order valence-corrected chi connectivity index (χ4v) is 3.79. The summed E-state index contributed by atoms with van der Waals surface area (Å²) in [6.45, 7) is 2.40. The molecule has 3 rings (SSSR count). The highest BCUT2D eigenvalue weighted by Crippen LogP contribution is 2.49. The zero-order chi connectivity index (χ0) is 11.2. The van der Waals surface area contributed by atoms with Gasteiger partial charge in [0, 0.05) is 0 Å². The number of fused-ring (bicyclic) bond motifs is 3. The Morgan fingerprint density at radius 3 is 2.94 bits per heavy atom. The fraction of sp³-hybridized carbons (Fsp3) is 0.600. The second kappa shape index (κ2) is 3.59. The highest BCUT2D eigenvalue weighted by Gasteiger charge is 2.43. The van der Waals surface area contributed by atoms with Crippen LogP contribution in [-0.4, -0.2) is 11.2 Å². The molecule has 1 heteroatoms. The highest BCUT2D eigenvalue weighted by atomic mass is 16.3. The first-order chi connectivity index (χ1) is 7.70. The van der Waals surface area contributed by atoms with E-state index < -0.39 is 0 Å². The molecule has 2 aliphatic carbocycles. The van der Waals surface area contributed by atoms with E-state index in [0.717, 1.165) is 19.3 Å². The molecule has 16 heavy (non-hydrogen) atoms. The summed E-state index contributed by atoms with van der Waals surface area (Å²) in [6.07, 6.45) is 5.53. The lowest BCUT2D eigenvalue weighted by Crippen LogP contribution is -2.43. The maximum atomic E-state index is 9.81. The largest absolute Gasteiger partial charge is 0.393 e. The van der Waals surface area contributed by atoms with Crippen LogP contribution in [0.3, 0.4) is 0 Å². The monoisotopic (exact) mass is 216 g/mol. The Labute approximate surface area is 97.5 Å². The van der Waals surface area contributed by atoms with E-state index in [2.05, 4.69) is 31.2 Å². The molecule has 3 atom stereocenters. The Balaban J connectivity index is 2.03. The second-order valence-corrected chi connectivity index (χ2v) is 5.74. The van der Waals surface area contributed by atoms with Gasteiger partial charge in [0.1, 0.15) is 0 Å². The molecule has 1 saturated carbocycles. The normalized spacial score (nSPS) is 37.6. The number of hydrogen-bond acceptors (Lipinski definition) is 1. The van der Waals surface area contributed by atoms with E-state index in [1.165, 1.54) is 18.4 Å². The Morgan fingerprint density at radius 1 is 1.25 bits per heavy atom. The number of aliphatic hydroxyl groups excluding tert-OH is 1. The van der Waals surface area contributed by atoms with Crippen LogP contribution in [0.25, 0.3) is 0 Å². The van der Waals surface area contributed by atoms with Crippen LogP contribution in [0.5, 0.6) is 0 Å². The highest BCUT2D eigenvalue weighted by molar-refractivity contribution is 5.37. The maximum absolute atomic E-state index is 9.81. The minimum atomic E-state index is -0.0525. The first-order valence-electron chi connectivity index (χ1n) is 6.46. The van der Waals surface area contributed by atoms with E-state index >= 15 is 0 Å². The average Bonchev–Trinajstić information content (AvgIpc) is 2.31. The van der Waals surface area contributed by atoms with Crippen LogP contribution in [0.1, 0.15) is 43.7 Å². The molecule has 1 aromatic rings. The molecule has 2 aliphatic rings. The average molecular weight is 216 g/mol. The standard InChI is InChI=1S/C15H20O/c1-15-9-8-13(16)10-12(15)7-6-11-4-2-3-5-14(11)15/h2-5,12-13,16H,6-10H2,1H3/t12-,13+,15-/m0/s1. The van der Waals surface area contributed by atoms with Gasteiger partial charge in [-0.25, -0.2) is 0 Å². The molecule has 0 aromatic heterocycles. The Morgan fingerprint density at radius 2 is 2.06 bits per heavy atom. The van der Waals surface area contributed by atoms with Gasteiger partial charge in [0.2, 0.25) is 0 Å². The summed E-state index contributed by atoms with van der Waals surface area (Å²) in [5.41, 5.74) is 3.42. The van der Waals surface area contributed by atoms with Gasteiger partial charge in [-0.3, -0.25) is 0 Å². The predicted molar refractivity (Wildman–Crippen MR) is 65.5 cm³/mol. The van der Waals surface area contributed by atoms with Crippen LogP contribution in [0, 0.1) is 5.92 Å². The second-order valence-electron chi connectivity index (χ2n) is 5.74. The summed E-state index contributed by atoms with van der Waals surface area (Å²) in [4.78, 5) is 0. The minimum absolute atomic E-state index is 0.0525. The van der Waals surface area contributed by atoms with Crippen LogP contribution in [0.4, 0.5) is 0 Å². The molecule has 1 nitrogen and oxygen atoms in total. The summed E-state index contributed by atoms with van der Waals surface area (Å²) in [5.74, 6) is 0.686. The number of rotatable bonds is 0. The van der Waals surface area contributed by atoms with Gasteiger partial charge >= 0.3 is 0 Å². The van der Waals surface area contributed by atoms with Crippen molar-refractivity contribution in [2.45, 2.75) is 50.5 Å². The van der Waals surface area contributed by atoms with Crippen molar-refractivity contribution in [2.75, 3.05) is 0 Å². The Kier molecular flexibility index (Phi) is 2.32. The molecule has 0 heterocycles. The third-order valence-corrected chi connectivity index (χ3v) is 4.85. The number of benzene rings is 1. The van der Waals surface area contributed by atoms with E-state index in [0.29, 0.717) is 11.3 Å². The van der Waals surface area contributed by atoms with E-state index in [9.17, 15) is 5.11 Å². The van der Waals surface area contributed by atoms with Gasteiger partial charge in [-0.05, 0) is 54.6 Å². The molecule has 0 aliphatic heterocycles. The Hall–Kier alpha value is -0.820. The molecule has 1 fully saturated rings. The molecule has 0 saturated heterocycles. The van der Waals surface area contributed by atoms with Crippen LogP contribution >= 0.6 is 0 Å². The summed E-state index contributed by atoms with van der Waals surface area (Å²) < 4.78 is 0. The zero-order valence-corrected chi connectivity index (χ0v) is 9.95. The van der Waals surface area contributed by atoms with Crippen molar-refractivity contribution in [3.63, 3.8) is 0 Å². The van der Waals surface area contributed by atoms with Gasteiger partial charge in [0.05, 0.1) is 6.10 Å². The molecule has 0 unspecified atom stereocenters. The van der Waals surface area contributed by atoms with Gasteiger partial charge in [-0.2, -0.15) is 0 Å². The fourth-order valence-electron chi connectivity index (χ4n) is 3.79. The van der Waals surface area contributed by atoms with Crippen LogP contribution in [-0.2, 0) is 11.8 Å². The van der Waals surface area contributed by atoms with Crippen molar-refractivity contribution < 1.29 is 5.11 Å². The molecule has 1 N–H and O–H groups in total. The van der Waals surface area contributed by atoms with Crippen molar-refractivity contribution in [3.05, 3.63) is 35.4 Å². The van der Waals surface area contributed by atoms with Crippen LogP contribution in [0.2, 0.25) is 0 Å². The van der Waals surface area contributed by atoms with Crippen LogP contribution < -0.4 is 0 Å². The predicted octanol–water partition coefficient (Wildman–Crippen LogP) is 3.05. The number of aryl methyl sites for hydroxylation is 1. The molecule has 86 valence electrons. The van der Waals surface area contributed by atoms with Crippen molar-refractivity contribution in [3.8, 4) is 0 Å². The third kappa shape index (κ3) is 1.41. The van der Waals surface area contributed by atoms with Gasteiger partial charge in [0.15, 0.2) is 0 Å². The lowest BCUT2D eigenvalue weighted by atomic mass is 9.58. The summed E-state index contributed by atoms with van der Waals surface area (Å²) >= 11 is 0. The molecule has 1 aromatic carbocycles. The van der Waals surface area contributed by atoms with Crippen molar-refractivity contribution >= 4 is 0 Å². The van der Waals surface area contributed by atoms with Gasteiger partial charge in [0.25, 0.3) is 0 Å². The molecular formula is C15H20O. The zero-order valence-electron chi connectivity index (χ0n) is 9.95. The number of hydrogen-bond donors (Lipinski definition) is 1. The molecule has 0 radical (unpaired) electrons. The van der Waals surface area contributed by atoms with E-state index in [1.807, 2.05) is 0 Å². The lowest BCUT2D eigenvalue weighted by molar-refractivity contribution is 0.0484. The van der Waals surface area contributed by atoms with E-state index in [-0.39, 0.29) is 6.10 Å². The molecular weight excluding hydrogens is 196 g/mol. The lowest BCUT2D eigenvalue weighted by Gasteiger charge is -2.47. The molecule has 0 spiro atoms. The first-order valence-corrected chi connectivity index (χ1v) is 6.46. The molecule has 0 amide bonds. The quantitative estimate of drug-likeness (QED) is 0.706. The van der Waals surface area contributed by atoms with Gasteiger partial charge < -0.3 is 5.11 Å². The topological polar surface area (TPSA) is 20.2 Å². The summed E-state index contributed by atoms with van der Waals surface area (Å²) in [7, 11) is 0. The van der Waals surface area contributed by atoms with Crippen LogP contribution in [0.15, 0.2) is 24.3 Å². The van der Waals surface area contributed by atoms with E-state index in [4.69, 9.17) is 0 Å².